The fourth-order valence-corrected chi connectivity index (χ4v) is 2.68. The predicted molar refractivity (Wildman–Crippen MR) is 79.9 cm³/mol. The molecule has 5 nitrogen and oxygen atoms in total. The molecule has 20 heavy (non-hydrogen) atoms. The molecular weight excluding hydrogens is 252 g/mol. The molecule has 1 aromatic carbocycles. The van der Waals surface area contributed by atoms with Gasteiger partial charge < -0.3 is 15.8 Å². The van der Waals surface area contributed by atoms with E-state index in [1.165, 1.54) is 0 Å². The van der Waals surface area contributed by atoms with Gasteiger partial charge >= 0.3 is 0 Å². The van der Waals surface area contributed by atoms with Crippen molar-refractivity contribution in [2.24, 2.45) is 5.73 Å². The van der Waals surface area contributed by atoms with E-state index in [9.17, 15) is 0 Å². The number of methoxy groups -OCH3 is 1. The van der Waals surface area contributed by atoms with Crippen LogP contribution in [0.1, 0.15) is 25.7 Å². The molecule has 3 N–H and O–H groups in total. The van der Waals surface area contributed by atoms with Crippen LogP contribution < -0.4 is 15.8 Å². The van der Waals surface area contributed by atoms with Crippen LogP contribution in [0, 0.1) is 0 Å². The second kappa shape index (κ2) is 5.63. The van der Waals surface area contributed by atoms with Crippen LogP contribution in [0.5, 0.6) is 5.88 Å². The quantitative estimate of drug-likeness (QED) is 0.897. The molecule has 0 bridgehead atoms. The van der Waals surface area contributed by atoms with Crippen LogP contribution in [-0.4, -0.2) is 29.2 Å². The molecule has 1 heterocycles. The average molecular weight is 272 g/mol. The van der Waals surface area contributed by atoms with Crippen LogP contribution in [0.15, 0.2) is 24.3 Å². The number of benzene rings is 1. The number of hydrogen-bond donors (Lipinski definition) is 2. The van der Waals surface area contributed by atoms with Gasteiger partial charge in [-0.2, -0.15) is 0 Å². The molecule has 0 saturated heterocycles. The number of nitrogens with zero attached hydrogens (tertiary/aromatic N) is 2. The van der Waals surface area contributed by atoms with Gasteiger partial charge in [-0.25, -0.2) is 9.97 Å². The lowest BCUT2D eigenvalue weighted by Gasteiger charge is -2.27. The summed E-state index contributed by atoms with van der Waals surface area (Å²) in [5.74, 6) is 1.28. The normalized spacial score (nSPS) is 22.7. The standard InChI is InChI=1S/C15H20N4O/c1-20-15-14(17-11-8-6-10(16)7-9-11)18-12-4-2-3-5-13(12)19-15/h2-5,10-11H,6-9,16H2,1H3,(H,17,18). The van der Waals surface area contributed by atoms with Gasteiger partial charge in [-0.3, -0.25) is 0 Å². The SMILES string of the molecule is COc1nc2ccccc2nc1NC1CCC(N)CC1. The van der Waals surface area contributed by atoms with Crippen LogP contribution in [-0.2, 0) is 0 Å². The maximum absolute atomic E-state index is 5.94. The topological polar surface area (TPSA) is 73.1 Å². The highest BCUT2D eigenvalue weighted by molar-refractivity contribution is 5.77. The third-order valence-electron chi connectivity index (χ3n) is 3.84. The lowest BCUT2D eigenvalue weighted by atomic mass is 9.92. The molecule has 0 radical (unpaired) electrons. The Morgan fingerprint density at radius 2 is 1.75 bits per heavy atom. The molecule has 1 fully saturated rings. The molecule has 0 spiro atoms. The molecular formula is C15H20N4O. The number of anilines is 1. The van der Waals surface area contributed by atoms with Gasteiger partial charge in [-0.05, 0) is 37.8 Å². The summed E-state index contributed by atoms with van der Waals surface area (Å²) in [6.45, 7) is 0. The van der Waals surface area contributed by atoms with E-state index >= 15 is 0 Å². The van der Waals surface area contributed by atoms with Crippen molar-refractivity contribution >= 4 is 16.9 Å². The van der Waals surface area contributed by atoms with Crippen LogP contribution >= 0.6 is 0 Å². The molecule has 1 saturated carbocycles. The zero-order valence-corrected chi connectivity index (χ0v) is 11.7. The number of rotatable bonds is 3. The first-order chi connectivity index (χ1) is 9.76. The minimum atomic E-state index is 0.345. The third kappa shape index (κ3) is 2.67. The molecule has 5 heteroatoms. The van der Waals surface area contributed by atoms with E-state index in [0.29, 0.717) is 18.0 Å². The Morgan fingerprint density at radius 1 is 1.10 bits per heavy atom. The minimum absolute atomic E-state index is 0.345. The lowest BCUT2D eigenvalue weighted by molar-refractivity contribution is 0.391. The average Bonchev–Trinajstić information content (AvgIpc) is 2.49. The Morgan fingerprint density at radius 3 is 2.40 bits per heavy atom. The summed E-state index contributed by atoms with van der Waals surface area (Å²) in [5, 5.41) is 3.46. The van der Waals surface area contributed by atoms with Gasteiger partial charge in [0.1, 0.15) is 0 Å². The van der Waals surface area contributed by atoms with Crippen molar-refractivity contribution in [2.75, 3.05) is 12.4 Å². The molecule has 3 rings (SSSR count). The molecule has 1 aromatic heterocycles. The first kappa shape index (κ1) is 13.1. The maximum Gasteiger partial charge on any atom is 0.257 e. The summed E-state index contributed by atoms with van der Waals surface area (Å²) < 4.78 is 5.36. The maximum atomic E-state index is 5.94. The van der Waals surface area contributed by atoms with Crippen molar-refractivity contribution in [2.45, 2.75) is 37.8 Å². The van der Waals surface area contributed by atoms with Crippen molar-refractivity contribution in [3.63, 3.8) is 0 Å². The summed E-state index contributed by atoms with van der Waals surface area (Å²) in [7, 11) is 1.63. The Bertz CT molecular complexity index is 593. The Kier molecular flexibility index (Phi) is 3.69. The molecule has 1 aliphatic carbocycles. The van der Waals surface area contributed by atoms with Crippen LogP contribution in [0.4, 0.5) is 5.82 Å². The summed E-state index contributed by atoms with van der Waals surface area (Å²) in [6.07, 6.45) is 4.25. The van der Waals surface area contributed by atoms with Crippen molar-refractivity contribution in [1.82, 2.24) is 9.97 Å². The fourth-order valence-electron chi connectivity index (χ4n) is 2.68. The molecule has 0 atom stereocenters. The van der Waals surface area contributed by atoms with Gasteiger partial charge in [0.15, 0.2) is 5.82 Å². The van der Waals surface area contributed by atoms with Gasteiger partial charge in [-0.15, -0.1) is 0 Å². The summed E-state index contributed by atoms with van der Waals surface area (Å²) in [4.78, 5) is 9.13. The first-order valence-corrected chi connectivity index (χ1v) is 7.09. The molecule has 2 aromatic rings. The smallest absolute Gasteiger partial charge is 0.257 e. The molecule has 106 valence electrons. The van der Waals surface area contributed by atoms with E-state index in [2.05, 4.69) is 15.3 Å². The van der Waals surface area contributed by atoms with Gasteiger partial charge in [0.2, 0.25) is 0 Å². The van der Waals surface area contributed by atoms with Crippen molar-refractivity contribution in [3.05, 3.63) is 24.3 Å². The zero-order valence-electron chi connectivity index (χ0n) is 11.7. The van der Waals surface area contributed by atoms with E-state index in [1.807, 2.05) is 24.3 Å². The Labute approximate surface area is 118 Å². The van der Waals surface area contributed by atoms with Crippen LogP contribution in [0.2, 0.25) is 0 Å². The van der Waals surface area contributed by atoms with E-state index in [-0.39, 0.29) is 0 Å². The predicted octanol–water partition coefficient (Wildman–Crippen LogP) is 2.32. The minimum Gasteiger partial charge on any atom is -0.478 e. The van der Waals surface area contributed by atoms with Crippen LogP contribution in [0.3, 0.4) is 0 Å². The number of ether oxygens (including phenoxy) is 1. The summed E-state index contributed by atoms with van der Waals surface area (Å²) >= 11 is 0. The highest BCUT2D eigenvalue weighted by atomic mass is 16.5. The van der Waals surface area contributed by atoms with E-state index in [0.717, 1.165) is 42.5 Å². The second-order valence-electron chi connectivity index (χ2n) is 5.33. The monoisotopic (exact) mass is 272 g/mol. The van der Waals surface area contributed by atoms with E-state index in [4.69, 9.17) is 10.5 Å². The van der Waals surface area contributed by atoms with Gasteiger partial charge in [0.05, 0.1) is 18.1 Å². The van der Waals surface area contributed by atoms with E-state index < -0.39 is 0 Å². The summed E-state index contributed by atoms with van der Waals surface area (Å²) in [5.41, 5.74) is 7.67. The number of para-hydroxylation sites is 2. The number of fused-ring (bicyclic) bond motifs is 1. The van der Waals surface area contributed by atoms with Crippen molar-refractivity contribution < 1.29 is 4.74 Å². The Balaban J connectivity index is 1.86. The molecule has 0 aliphatic heterocycles. The molecule has 1 aliphatic rings. The lowest BCUT2D eigenvalue weighted by Crippen LogP contribution is -2.33. The van der Waals surface area contributed by atoms with Crippen molar-refractivity contribution in [3.8, 4) is 5.88 Å². The molecule has 0 amide bonds. The highest BCUT2D eigenvalue weighted by Crippen LogP contribution is 2.27. The molecule has 0 unspecified atom stereocenters. The third-order valence-corrected chi connectivity index (χ3v) is 3.84. The Hall–Kier alpha value is -1.88. The fraction of sp³-hybridized carbons (Fsp3) is 0.467. The zero-order chi connectivity index (χ0) is 13.9. The van der Waals surface area contributed by atoms with Gasteiger partial charge in [0.25, 0.3) is 5.88 Å². The van der Waals surface area contributed by atoms with Crippen LogP contribution in [0.25, 0.3) is 11.0 Å². The largest absolute Gasteiger partial charge is 0.478 e. The van der Waals surface area contributed by atoms with E-state index in [1.54, 1.807) is 7.11 Å². The highest BCUT2D eigenvalue weighted by Gasteiger charge is 2.20. The number of aromatic nitrogens is 2. The summed E-state index contributed by atoms with van der Waals surface area (Å²) in [6, 6.07) is 8.56. The number of hydrogen-bond acceptors (Lipinski definition) is 5. The second-order valence-corrected chi connectivity index (χ2v) is 5.33. The van der Waals surface area contributed by atoms with Gasteiger partial charge in [0, 0.05) is 12.1 Å². The first-order valence-electron chi connectivity index (χ1n) is 7.09. The van der Waals surface area contributed by atoms with Crippen molar-refractivity contribution in [1.29, 1.82) is 0 Å². The van der Waals surface area contributed by atoms with Gasteiger partial charge in [-0.1, -0.05) is 12.1 Å². The number of nitrogens with one attached hydrogen (secondary N) is 1. The number of nitrogens with two attached hydrogens (primary N) is 1.